The van der Waals surface area contributed by atoms with E-state index in [-0.39, 0.29) is 11.3 Å². The van der Waals surface area contributed by atoms with Gasteiger partial charge in [-0.1, -0.05) is 39.0 Å². The lowest BCUT2D eigenvalue weighted by Gasteiger charge is -2.13. The van der Waals surface area contributed by atoms with Gasteiger partial charge >= 0.3 is 0 Å². The highest BCUT2D eigenvalue weighted by atomic mass is 16.5. The summed E-state index contributed by atoms with van der Waals surface area (Å²) < 4.78 is 7.23. The standard InChI is InChI=1S/C21H24N4O2/c1-5-27-16-11-7-6-10-15(16)20(26)23-19-14-17(21(2,3)4)24-25(19)18-12-8-9-13-22-18/h6-14H,5H2,1-4H3,(H,23,26). The topological polar surface area (TPSA) is 69.0 Å². The highest BCUT2D eigenvalue weighted by Gasteiger charge is 2.22. The van der Waals surface area contributed by atoms with E-state index in [9.17, 15) is 4.79 Å². The largest absolute Gasteiger partial charge is 0.493 e. The molecule has 6 nitrogen and oxygen atoms in total. The number of amides is 1. The molecule has 0 aliphatic heterocycles. The number of rotatable bonds is 5. The molecule has 0 saturated carbocycles. The Kier molecular flexibility index (Phi) is 5.26. The lowest BCUT2D eigenvalue weighted by molar-refractivity contribution is 0.102. The number of nitrogens with zero attached hydrogens (tertiary/aromatic N) is 3. The molecule has 1 aromatic carbocycles. The van der Waals surface area contributed by atoms with Gasteiger partial charge in [0.2, 0.25) is 0 Å². The second-order valence-corrected chi connectivity index (χ2v) is 7.15. The minimum atomic E-state index is -0.253. The number of carbonyl (C=O) groups excluding carboxylic acids is 1. The predicted molar refractivity (Wildman–Crippen MR) is 106 cm³/mol. The summed E-state index contributed by atoms with van der Waals surface area (Å²) in [5.74, 6) is 1.50. The maximum absolute atomic E-state index is 12.9. The molecule has 1 amide bonds. The Morgan fingerprint density at radius 3 is 2.56 bits per heavy atom. The van der Waals surface area contributed by atoms with E-state index < -0.39 is 0 Å². The molecule has 0 saturated heterocycles. The highest BCUT2D eigenvalue weighted by Crippen LogP contribution is 2.27. The van der Waals surface area contributed by atoms with Crippen molar-refractivity contribution in [3.63, 3.8) is 0 Å². The maximum Gasteiger partial charge on any atom is 0.260 e. The zero-order chi connectivity index (χ0) is 19.4. The maximum atomic E-state index is 12.9. The molecule has 0 unspecified atom stereocenters. The molecule has 0 atom stereocenters. The van der Waals surface area contributed by atoms with Crippen molar-refractivity contribution in [2.24, 2.45) is 0 Å². The van der Waals surface area contributed by atoms with E-state index in [1.165, 1.54) is 0 Å². The quantitative estimate of drug-likeness (QED) is 0.736. The molecule has 1 N–H and O–H groups in total. The fourth-order valence-electron chi connectivity index (χ4n) is 2.61. The number of para-hydroxylation sites is 1. The van der Waals surface area contributed by atoms with Crippen molar-refractivity contribution in [3.05, 3.63) is 66.0 Å². The van der Waals surface area contributed by atoms with Gasteiger partial charge in [-0.05, 0) is 31.2 Å². The van der Waals surface area contributed by atoms with Crippen molar-refractivity contribution < 1.29 is 9.53 Å². The van der Waals surface area contributed by atoms with Crippen molar-refractivity contribution in [3.8, 4) is 11.6 Å². The van der Waals surface area contributed by atoms with Crippen LogP contribution in [0.5, 0.6) is 5.75 Å². The molecule has 0 fully saturated rings. The molecule has 0 spiro atoms. The normalized spacial score (nSPS) is 11.3. The zero-order valence-corrected chi connectivity index (χ0v) is 16.1. The number of hydrogen-bond donors (Lipinski definition) is 1. The van der Waals surface area contributed by atoms with E-state index in [0.29, 0.717) is 29.6 Å². The van der Waals surface area contributed by atoms with E-state index >= 15 is 0 Å². The Morgan fingerprint density at radius 1 is 1.15 bits per heavy atom. The number of carbonyl (C=O) groups is 1. The minimum absolute atomic E-state index is 0.164. The lowest BCUT2D eigenvalue weighted by atomic mass is 9.92. The van der Waals surface area contributed by atoms with E-state index in [1.54, 1.807) is 23.0 Å². The van der Waals surface area contributed by atoms with Crippen LogP contribution in [0, 0.1) is 0 Å². The molecule has 0 bridgehead atoms. The lowest BCUT2D eigenvalue weighted by Crippen LogP contribution is -2.16. The van der Waals surface area contributed by atoms with E-state index in [0.717, 1.165) is 5.69 Å². The number of benzene rings is 1. The van der Waals surface area contributed by atoms with E-state index in [2.05, 4.69) is 36.2 Å². The molecule has 0 aliphatic rings. The molecule has 0 aliphatic carbocycles. The number of nitrogens with one attached hydrogen (secondary N) is 1. The van der Waals surface area contributed by atoms with Gasteiger partial charge in [0.25, 0.3) is 5.91 Å². The van der Waals surface area contributed by atoms with Crippen molar-refractivity contribution in [2.75, 3.05) is 11.9 Å². The molecule has 6 heteroatoms. The smallest absolute Gasteiger partial charge is 0.260 e. The number of pyridine rings is 1. The van der Waals surface area contributed by atoms with Crippen molar-refractivity contribution >= 4 is 11.7 Å². The van der Waals surface area contributed by atoms with Gasteiger partial charge in [-0.25, -0.2) is 4.98 Å². The summed E-state index contributed by atoms with van der Waals surface area (Å²) in [5, 5.41) is 7.62. The van der Waals surface area contributed by atoms with Crippen LogP contribution in [0.15, 0.2) is 54.7 Å². The van der Waals surface area contributed by atoms with Crippen molar-refractivity contribution in [1.29, 1.82) is 0 Å². The minimum Gasteiger partial charge on any atom is -0.493 e. The van der Waals surface area contributed by atoms with E-state index in [1.807, 2.05) is 43.3 Å². The third-order valence-corrected chi connectivity index (χ3v) is 4.02. The van der Waals surface area contributed by atoms with Gasteiger partial charge in [0.05, 0.1) is 17.9 Å². The van der Waals surface area contributed by atoms with Crippen LogP contribution in [0.3, 0.4) is 0 Å². The fraction of sp³-hybridized carbons (Fsp3) is 0.286. The van der Waals surface area contributed by atoms with Gasteiger partial charge in [-0.15, -0.1) is 0 Å². The molecular weight excluding hydrogens is 340 g/mol. The molecular formula is C21H24N4O2. The molecule has 3 aromatic rings. The summed E-state index contributed by atoms with van der Waals surface area (Å²) in [6.07, 6.45) is 1.70. The Hall–Kier alpha value is -3.15. The third-order valence-electron chi connectivity index (χ3n) is 4.02. The van der Waals surface area contributed by atoms with Gasteiger partial charge in [0.1, 0.15) is 11.6 Å². The Labute approximate surface area is 159 Å². The van der Waals surface area contributed by atoms with Crippen LogP contribution < -0.4 is 10.1 Å². The summed E-state index contributed by atoms with van der Waals surface area (Å²) in [6, 6.07) is 14.7. The highest BCUT2D eigenvalue weighted by molar-refractivity contribution is 6.05. The average Bonchev–Trinajstić information content (AvgIpc) is 3.07. The third kappa shape index (κ3) is 4.16. The summed E-state index contributed by atoms with van der Waals surface area (Å²) >= 11 is 0. The van der Waals surface area contributed by atoms with Gasteiger partial charge in [-0.3, -0.25) is 4.79 Å². The van der Waals surface area contributed by atoms with Crippen molar-refractivity contribution in [2.45, 2.75) is 33.1 Å². The second kappa shape index (κ2) is 7.61. The monoisotopic (exact) mass is 364 g/mol. The fourth-order valence-corrected chi connectivity index (χ4v) is 2.61. The summed E-state index contributed by atoms with van der Waals surface area (Å²) in [4.78, 5) is 17.3. The first-order chi connectivity index (χ1) is 12.9. The van der Waals surface area contributed by atoms with Gasteiger partial charge in [-0.2, -0.15) is 9.78 Å². The summed E-state index contributed by atoms with van der Waals surface area (Å²) in [5.41, 5.74) is 1.18. The van der Waals surface area contributed by atoms with E-state index in [4.69, 9.17) is 4.74 Å². The molecule has 3 rings (SSSR count). The van der Waals surface area contributed by atoms with Gasteiger partial charge in [0.15, 0.2) is 5.82 Å². The summed E-state index contributed by atoms with van der Waals surface area (Å²) in [6.45, 7) is 8.61. The first kappa shape index (κ1) is 18.6. The molecule has 2 aromatic heterocycles. The van der Waals surface area contributed by atoms with Crippen LogP contribution in [0.2, 0.25) is 0 Å². The number of hydrogen-bond acceptors (Lipinski definition) is 4. The van der Waals surface area contributed by atoms with Crippen LogP contribution in [-0.4, -0.2) is 27.3 Å². The molecule has 27 heavy (non-hydrogen) atoms. The molecule has 0 radical (unpaired) electrons. The Morgan fingerprint density at radius 2 is 1.89 bits per heavy atom. The van der Waals surface area contributed by atoms with Gasteiger partial charge < -0.3 is 10.1 Å². The summed E-state index contributed by atoms with van der Waals surface area (Å²) in [7, 11) is 0. The van der Waals surface area contributed by atoms with Crippen LogP contribution in [0.25, 0.3) is 5.82 Å². The first-order valence-corrected chi connectivity index (χ1v) is 8.95. The SMILES string of the molecule is CCOc1ccccc1C(=O)Nc1cc(C(C)(C)C)nn1-c1ccccn1. The Bertz CT molecular complexity index is 927. The van der Waals surface area contributed by atoms with Crippen LogP contribution in [0.1, 0.15) is 43.7 Å². The predicted octanol–water partition coefficient (Wildman–Crippen LogP) is 4.22. The average molecular weight is 364 g/mol. The molecule has 2 heterocycles. The second-order valence-electron chi connectivity index (χ2n) is 7.15. The zero-order valence-electron chi connectivity index (χ0n) is 16.1. The van der Waals surface area contributed by atoms with Gasteiger partial charge in [0, 0.05) is 17.7 Å². The number of aromatic nitrogens is 3. The number of ether oxygens (including phenoxy) is 1. The van der Waals surface area contributed by atoms with Crippen LogP contribution >= 0.6 is 0 Å². The number of anilines is 1. The van der Waals surface area contributed by atoms with Crippen LogP contribution in [-0.2, 0) is 5.41 Å². The molecule has 140 valence electrons. The first-order valence-electron chi connectivity index (χ1n) is 8.95. The van der Waals surface area contributed by atoms with Crippen molar-refractivity contribution in [1.82, 2.24) is 14.8 Å². The van der Waals surface area contributed by atoms with Crippen LogP contribution in [0.4, 0.5) is 5.82 Å². The Balaban J connectivity index is 1.99.